The molecule has 5 heteroatoms. The third-order valence-electron chi connectivity index (χ3n) is 4.39. The smallest absolute Gasteiger partial charge is 0.404 e. The Labute approximate surface area is 139 Å². The van der Waals surface area contributed by atoms with Gasteiger partial charge in [-0.2, -0.15) is 0 Å². The Morgan fingerprint density at radius 3 is 2.83 bits per heavy atom. The first-order valence-corrected chi connectivity index (χ1v) is 7.96. The molecular formula is C18H18ClNO3. The predicted octanol–water partition coefficient (Wildman–Crippen LogP) is 3.95. The molecule has 23 heavy (non-hydrogen) atoms. The van der Waals surface area contributed by atoms with E-state index in [4.69, 9.17) is 16.7 Å². The van der Waals surface area contributed by atoms with Gasteiger partial charge in [-0.3, -0.25) is 0 Å². The predicted molar refractivity (Wildman–Crippen MR) is 89.3 cm³/mol. The van der Waals surface area contributed by atoms with Gasteiger partial charge >= 0.3 is 6.09 Å². The van der Waals surface area contributed by atoms with Crippen LogP contribution in [0.5, 0.6) is 5.75 Å². The molecule has 2 atom stereocenters. The van der Waals surface area contributed by atoms with E-state index >= 15 is 0 Å². The number of carboxylic acid groups (broad SMARTS) is 1. The SMILES string of the molecule is O=C(O)NC1CCc2ccc(O)cc2C1Cc1cccc(Cl)c1. The van der Waals surface area contributed by atoms with Crippen molar-refractivity contribution in [2.45, 2.75) is 31.2 Å². The maximum Gasteiger partial charge on any atom is 0.404 e. The van der Waals surface area contributed by atoms with E-state index < -0.39 is 6.09 Å². The van der Waals surface area contributed by atoms with E-state index in [1.165, 1.54) is 5.56 Å². The lowest BCUT2D eigenvalue weighted by molar-refractivity contribution is 0.185. The van der Waals surface area contributed by atoms with Gasteiger partial charge in [0, 0.05) is 17.0 Å². The average Bonchev–Trinajstić information content (AvgIpc) is 2.49. The summed E-state index contributed by atoms with van der Waals surface area (Å²) < 4.78 is 0. The molecule has 0 aliphatic heterocycles. The van der Waals surface area contributed by atoms with Crippen molar-refractivity contribution in [2.24, 2.45) is 0 Å². The average molecular weight is 332 g/mol. The number of aryl methyl sites for hydroxylation is 1. The fourth-order valence-corrected chi connectivity index (χ4v) is 3.60. The quantitative estimate of drug-likeness (QED) is 0.797. The number of aromatic hydroxyl groups is 1. The number of halogens is 1. The topological polar surface area (TPSA) is 69.6 Å². The molecule has 0 saturated carbocycles. The molecule has 0 heterocycles. The first-order chi connectivity index (χ1) is 11.0. The molecule has 2 unspecified atom stereocenters. The second kappa shape index (κ2) is 6.50. The third kappa shape index (κ3) is 3.59. The number of hydrogen-bond donors (Lipinski definition) is 3. The van der Waals surface area contributed by atoms with Gasteiger partial charge in [0.1, 0.15) is 5.75 Å². The number of rotatable bonds is 3. The van der Waals surface area contributed by atoms with Crippen LogP contribution in [0.25, 0.3) is 0 Å². The maximum absolute atomic E-state index is 11.1. The highest BCUT2D eigenvalue weighted by Gasteiger charge is 2.31. The van der Waals surface area contributed by atoms with Gasteiger partial charge in [-0.25, -0.2) is 4.79 Å². The van der Waals surface area contributed by atoms with Crippen LogP contribution in [0.3, 0.4) is 0 Å². The van der Waals surface area contributed by atoms with Crippen LogP contribution in [0, 0.1) is 0 Å². The molecule has 0 aromatic heterocycles. The number of phenols is 1. The number of nitrogens with one attached hydrogen (secondary N) is 1. The van der Waals surface area contributed by atoms with Crippen LogP contribution in [-0.2, 0) is 12.8 Å². The summed E-state index contributed by atoms with van der Waals surface area (Å²) in [5.41, 5.74) is 3.23. The van der Waals surface area contributed by atoms with Gasteiger partial charge in [0.05, 0.1) is 0 Å². The molecule has 2 aromatic rings. The van der Waals surface area contributed by atoms with E-state index in [-0.39, 0.29) is 17.7 Å². The summed E-state index contributed by atoms with van der Waals surface area (Å²) in [7, 11) is 0. The molecule has 4 nitrogen and oxygen atoms in total. The zero-order chi connectivity index (χ0) is 16.4. The van der Waals surface area contributed by atoms with E-state index in [1.54, 1.807) is 12.1 Å². The van der Waals surface area contributed by atoms with Crippen molar-refractivity contribution in [1.82, 2.24) is 5.32 Å². The molecule has 3 N–H and O–H groups in total. The molecular weight excluding hydrogens is 314 g/mol. The largest absolute Gasteiger partial charge is 0.508 e. The van der Waals surface area contributed by atoms with E-state index in [2.05, 4.69) is 5.32 Å². The van der Waals surface area contributed by atoms with Gasteiger partial charge < -0.3 is 15.5 Å². The molecule has 3 rings (SSSR count). The Hall–Kier alpha value is -2.20. The summed E-state index contributed by atoms with van der Waals surface area (Å²) in [6.45, 7) is 0. The van der Waals surface area contributed by atoms with Crippen molar-refractivity contribution in [3.63, 3.8) is 0 Å². The highest BCUT2D eigenvalue weighted by Crippen LogP contribution is 2.36. The lowest BCUT2D eigenvalue weighted by atomic mass is 9.76. The minimum Gasteiger partial charge on any atom is -0.508 e. The molecule has 0 saturated heterocycles. The second-order valence-electron chi connectivity index (χ2n) is 5.92. The van der Waals surface area contributed by atoms with Crippen LogP contribution in [-0.4, -0.2) is 22.3 Å². The number of fused-ring (bicyclic) bond motifs is 1. The Morgan fingerprint density at radius 2 is 2.09 bits per heavy atom. The summed E-state index contributed by atoms with van der Waals surface area (Å²) in [6.07, 6.45) is 1.19. The number of carbonyl (C=O) groups is 1. The van der Waals surface area contributed by atoms with Crippen molar-refractivity contribution < 1.29 is 15.0 Å². The molecule has 120 valence electrons. The van der Waals surface area contributed by atoms with Crippen LogP contribution < -0.4 is 5.32 Å². The van der Waals surface area contributed by atoms with Gasteiger partial charge in [0.25, 0.3) is 0 Å². The lowest BCUT2D eigenvalue weighted by Crippen LogP contribution is -2.42. The standard InChI is InChI=1S/C18H18ClNO3/c19-13-3-1-2-11(8-13)9-16-15-10-14(21)6-4-12(15)5-7-17(16)20-18(22)23/h1-4,6,8,10,16-17,20-21H,5,7,9H2,(H,22,23). The lowest BCUT2D eigenvalue weighted by Gasteiger charge is -2.34. The Kier molecular flexibility index (Phi) is 4.44. The van der Waals surface area contributed by atoms with Gasteiger partial charge in [-0.05, 0) is 60.2 Å². The van der Waals surface area contributed by atoms with Crippen molar-refractivity contribution in [3.8, 4) is 5.75 Å². The molecule has 2 aromatic carbocycles. The van der Waals surface area contributed by atoms with Crippen molar-refractivity contribution in [1.29, 1.82) is 0 Å². The summed E-state index contributed by atoms with van der Waals surface area (Å²) in [5, 5.41) is 22.2. The van der Waals surface area contributed by atoms with E-state index in [0.29, 0.717) is 11.4 Å². The third-order valence-corrected chi connectivity index (χ3v) is 4.63. The van der Waals surface area contributed by atoms with E-state index in [9.17, 15) is 9.90 Å². The zero-order valence-electron chi connectivity index (χ0n) is 12.5. The van der Waals surface area contributed by atoms with Crippen molar-refractivity contribution in [3.05, 3.63) is 64.2 Å². The first kappa shape index (κ1) is 15.7. The van der Waals surface area contributed by atoms with Gasteiger partial charge in [0.15, 0.2) is 0 Å². The number of hydrogen-bond acceptors (Lipinski definition) is 2. The summed E-state index contributed by atoms with van der Waals surface area (Å²) in [4.78, 5) is 11.1. The van der Waals surface area contributed by atoms with Crippen molar-refractivity contribution in [2.75, 3.05) is 0 Å². The number of phenolic OH excluding ortho intramolecular Hbond substituents is 1. The van der Waals surface area contributed by atoms with Crippen molar-refractivity contribution >= 4 is 17.7 Å². The summed E-state index contributed by atoms with van der Waals surface area (Å²) in [5.74, 6) is 0.177. The zero-order valence-corrected chi connectivity index (χ0v) is 13.3. The first-order valence-electron chi connectivity index (χ1n) is 7.58. The van der Waals surface area contributed by atoms with Crippen LogP contribution >= 0.6 is 11.6 Å². The number of benzene rings is 2. The minimum absolute atomic E-state index is 0.0274. The van der Waals surface area contributed by atoms with E-state index in [1.807, 2.05) is 30.3 Å². The molecule has 1 aliphatic carbocycles. The fourth-order valence-electron chi connectivity index (χ4n) is 3.39. The second-order valence-corrected chi connectivity index (χ2v) is 6.35. The molecule has 0 spiro atoms. The molecule has 0 fully saturated rings. The molecule has 0 radical (unpaired) electrons. The monoisotopic (exact) mass is 331 g/mol. The van der Waals surface area contributed by atoms with Crippen LogP contribution in [0.2, 0.25) is 5.02 Å². The summed E-state index contributed by atoms with van der Waals surface area (Å²) in [6, 6.07) is 12.8. The Morgan fingerprint density at radius 1 is 1.26 bits per heavy atom. The molecule has 0 bridgehead atoms. The molecule has 1 aliphatic rings. The van der Waals surface area contributed by atoms with E-state index in [0.717, 1.165) is 24.0 Å². The van der Waals surface area contributed by atoms with Crippen LogP contribution in [0.1, 0.15) is 29.0 Å². The highest BCUT2D eigenvalue weighted by atomic mass is 35.5. The van der Waals surface area contributed by atoms with Crippen LogP contribution in [0.15, 0.2) is 42.5 Å². The Balaban J connectivity index is 1.96. The Bertz CT molecular complexity index is 732. The molecule has 1 amide bonds. The minimum atomic E-state index is -1.02. The van der Waals surface area contributed by atoms with Crippen LogP contribution in [0.4, 0.5) is 4.79 Å². The fraction of sp³-hybridized carbons (Fsp3) is 0.278. The normalized spacial score (nSPS) is 19.9. The maximum atomic E-state index is 11.1. The van der Waals surface area contributed by atoms with Gasteiger partial charge in [-0.15, -0.1) is 0 Å². The summed E-state index contributed by atoms with van der Waals surface area (Å²) >= 11 is 6.06. The van der Waals surface area contributed by atoms with Gasteiger partial charge in [0.2, 0.25) is 0 Å². The van der Waals surface area contributed by atoms with Gasteiger partial charge in [-0.1, -0.05) is 29.8 Å². The highest BCUT2D eigenvalue weighted by molar-refractivity contribution is 6.30. The number of amides is 1.